The number of hydrogen-bond acceptors (Lipinski definition) is 4. The molecule has 0 aliphatic heterocycles. The Kier molecular flexibility index (Phi) is 7.79. The van der Waals surface area contributed by atoms with Crippen molar-refractivity contribution in [3.05, 3.63) is 119 Å². The lowest BCUT2D eigenvalue weighted by molar-refractivity contribution is -0.128. The van der Waals surface area contributed by atoms with Gasteiger partial charge in [0, 0.05) is 6.08 Å². The summed E-state index contributed by atoms with van der Waals surface area (Å²) in [5.74, 6) is 1.20. The molecule has 0 aliphatic rings. The van der Waals surface area contributed by atoms with Gasteiger partial charge in [-0.2, -0.15) is 0 Å². The zero-order valence-electron chi connectivity index (χ0n) is 18.6. The summed E-state index contributed by atoms with van der Waals surface area (Å²) in [5.41, 5.74) is 3.98. The van der Waals surface area contributed by atoms with E-state index in [9.17, 15) is 4.79 Å². The molecule has 170 valence electrons. The molecule has 0 spiro atoms. The van der Waals surface area contributed by atoms with Crippen molar-refractivity contribution in [2.75, 3.05) is 7.11 Å². The summed E-state index contributed by atoms with van der Waals surface area (Å²) in [5, 5.41) is 0. The average molecular weight is 515 g/mol. The first-order chi connectivity index (χ1) is 16.6. The minimum atomic E-state index is -0.475. The summed E-state index contributed by atoms with van der Waals surface area (Å²) in [6.45, 7) is 0.441. The highest BCUT2D eigenvalue weighted by molar-refractivity contribution is 9.10. The van der Waals surface area contributed by atoms with Crippen molar-refractivity contribution in [2.45, 2.75) is 6.61 Å². The first-order valence-corrected chi connectivity index (χ1v) is 11.5. The zero-order valence-corrected chi connectivity index (χ0v) is 20.2. The Hall–Kier alpha value is -3.83. The quantitative estimate of drug-likeness (QED) is 0.140. The first-order valence-electron chi connectivity index (χ1n) is 10.7. The number of esters is 1. The van der Waals surface area contributed by atoms with Crippen LogP contribution in [0.15, 0.2) is 108 Å². The third-order valence-electron chi connectivity index (χ3n) is 5.09. The van der Waals surface area contributed by atoms with Gasteiger partial charge in [0.05, 0.1) is 11.6 Å². The first kappa shape index (κ1) is 23.3. The Labute approximate surface area is 207 Å². The number of methoxy groups -OCH3 is 1. The van der Waals surface area contributed by atoms with Crippen LogP contribution in [0.2, 0.25) is 0 Å². The lowest BCUT2D eigenvalue weighted by atomic mass is 10.1. The predicted octanol–water partition coefficient (Wildman–Crippen LogP) is 7.32. The number of rotatable bonds is 8. The van der Waals surface area contributed by atoms with Gasteiger partial charge in [-0.15, -0.1) is 0 Å². The van der Waals surface area contributed by atoms with E-state index in [1.807, 2.05) is 91.0 Å². The predicted molar refractivity (Wildman–Crippen MR) is 138 cm³/mol. The minimum Gasteiger partial charge on any atom is -0.493 e. The Morgan fingerprint density at radius 3 is 2.21 bits per heavy atom. The molecule has 0 heterocycles. The van der Waals surface area contributed by atoms with Gasteiger partial charge in [-0.3, -0.25) is 0 Å². The third-order valence-corrected chi connectivity index (χ3v) is 5.71. The van der Waals surface area contributed by atoms with E-state index in [0.717, 1.165) is 22.3 Å². The maximum absolute atomic E-state index is 12.4. The van der Waals surface area contributed by atoms with Crippen LogP contribution in [0, 0.1) is 0 Å². The Bertz CT molecular complexity index is 1280. The maximum Gasteiger partial charge on any atom is 0.336 e. The molecule has 4 aromatic rings. The van der Waals surface area contributed by atoms with Gasteiger partial charge in [0.15, 0.2) is 11.5 Å². The monoisotopic (exact) mass is 514 g/mol. The normalized spacial score (nSPS) is 10.8. The second-order valence-electron chi connectivity index (χ2n) is 7.45. The lowest BCUT2D eigenvalue weighted by Gasteiger charge is -2.11. The molecule has 0 radical (unpaired) electrons. The molecule has 4 aromatic carbocycles. The molecule has 0 unspecified atom stereocenters. The van der Waals surface area contributed by atoms with Crippen LogP contribution in [-0.4, -0.2) is 13.1 Å². The minimum absolute atomic E-state index is 0.441. The molecule has 0 aliphatic carbocycles. The van der Waals surface area contributed by atoms with Crippen LogP contribution < -0.4 is 14.2 Å². The van der Waals surface area contributed by atoms with Crippen LogP contribution in [0.25, 0.3) is 17.2 Å². The molecule has 34 heavy (non-hydrogen) atoms. The fourth-order valence-electron chi connectivity index (χ4n) is 3.34. The molecule has 0 fully saturated rings. The summed E-state index contributed by atoms with van der Waals surface area (Å²) >= 11 is 3.50. The average Bonchev–Trinajstić information content (AvgIpc) is 2.88. The van der Waals surface area contributed by atoms with E-state index in [0.29, 0.717) is 28.3 Å². The summed E-state index contributed by atoms with van der Waals surface area (Å²) < 4.78 is 17.5. The van der Waals surface area contributed by atoms with E-state index >= 15 is 0 Å². The summed E-state index contributed by atoms with van der Waals surface area (Å²) in [4.78, 5) is 12.4. The number of carbonyl (C=O) groups excluding carboxylic acids is 1. The SMILES string of the molecule is COc1cc(/C=C/C(=O)Oc2ccc(-c3ccccc3)cc2Br)ccc1OCc1ccccc1. The van der Waals surface area contributed by atoms with E-state index in [1.54, 1.807) is 19.3 Å². The molecule has 0 aromatic heterocycles. The third kappa shape index (κ3) is 6.15. The van der Waals surface area contributed by atoms with Gasteiger partial charge in [0.1, 0.15) is 12.4 Å². The largest absolute Gasteiger partial charge is 0.493 e. The second kappa shape index (κ2) is 11.3. The summed E-state index contributed by atoms with van der Waals surface area (Å²) in [6.07, 6.45) is 3.06. The maximum atomic E-state index is 12.4. The number of ether oxygens (including phenoxy) is 3. The van der Waals surface area contributed by atoms with Crippen LogP contribution in [0.5, 0.6) is 17.2 Å². The highest BCUT2D eigenvalue weighted by Crippen LogP contribution is 2.31. The molecule has 0 saturated heterocycles. The molecule has 4 nitrogen and oxygen atoms in total. The smallest absolute Gasteiger partial charge is 0.336 e. The van der Waals surface area contributed by atoms with Crippen molar-refractivity contribution in [1.82, 2.24) is 0 Å². The highest BCUT2D eigenvalue weighted by Gasteiger charge is 2.09. The van der Waals surface area contributed by atoms with Crippen LogP contribution in [0.3, 0.4) is 0 Å². The number of carbonyl (C=O) groups is 1. The van der Waals surface area contributed by atoms with Crippen LogP contribution in [0.1, 0.15) is 11.1 Å². The summed E-state index contributed by atoms with van der Waals surface area (Å²) in [6, 6.07) is 31.0. The molecule has 0 bridgehead atoms. The van der Waals surface area contributed by atoms with Crippen LogP contribution in [-0.2, 0) is 11.4 Å². The number of benzene rings is 4. The van der Waals surface area contributed by atoms with Crippen LogP contribution in [0.4, 0.5) is 0 Å². The fraction of sp³-hybridized carbons (Fsp3) is 0.0690. The van der Waals surface area contributed by atoms with Gasteiger partial charge in [-0.25, -0.2) is 4.79 Å². The molecule has 0 atom stereocenters. The molecule has 5 heteroatoms. The van der Waals surface area contributed by atoms with Gasteiger partial charge >= 0.3 is 5.97 Å². The van der Waals surface area contributed by atoms with Gasteiger partial charge in [-0.1, -0.05) is 72.8 Å². The van der Waals surface area contributed by atoms with Gasteiger partial charge in [-0.05, 0) is 68.5 Å². The van der Waals surface area contributed by atoms with Crippen molar-refractivity contribution in [1.29, 1.82) is 0 Å². The van der Waals surface area contributed by atoms with Gasteiger partial charge in [0.25, 0.3) is 0 Å². The number of halogens is 1. The van der Waals surface area contributed by atoms with Crippen LogP contribution >= 0.6 is 15.9 Å². The molecule has 0 saturated carbocycles. The van der Waals surface area contributed by atoms with Gasteiger partial charge in [0.2, 0.25) is 0 Å². The van der Waals surface area contributed by atoms with E-state index in [-0.39, 0.29) is 0 Å². The fourth-order valence-corrected chi connectivity index (χ4v) is 3.80. The van der Waals surface area contributed by atoms with Crippen molar-refractivity contribution < 1.29 is 19.0 Å². The molecule has 0 N–H and O–H groups in total. The Balaban J connectivity index is 1.39. The second-order valence-corrected chi connectivity index (χ2v) is 8.30. The van der Waals surface area contributed by atoms with E-state index < -0.39 is 5.97 Å². The van der Waals surface area contributed by atoms with Crippen molar-refractivity contribution in [3.63, 3.8) is 0 Å². The molecular weight excluding hydrogens is 492 g/mol. The molecule has 0 amide bonds. The number of hydrogen-bond donors (Lipinski definition) is 0. The molecule has 4 rings (SSSR count). The summed E-state index contributed by atoms with van der Waals surface area (Å²) in [7, 11) is 1.59. The Morgan fingerprint density at radius 2 is 1.50 bits per heavy atom. The topological polar surface area (TPSA) is 44.8 Å². The van der Waals surface area contributed by atoms with Gasteiger partial charge < -0.3 is 14.2 Å². The van der Waals surface area contributed by atoms with E-state index in [1.165, 1.54) is 6.08 Å². The van der Waals surface area contributed by atoms with E-state index in [4.69, 9.17) is 14.2 Å². The standard InChI is InChI=1S/C29H23BrO4/c1-32-28-18-21(12-15-27(28)33-20-22-8-4-2-5-9-22)13-17-29(31)34-26-16-14-24(19-25(26)30)23-10-6-3-7-11-23/h2-19H,20H2,1H3/b17-13+. The van der Waals surface area contributed by atoms with E-state index in [2.05, 4.69) is 15.9 Å². The zero-order chi connectivity index (χ0) is 23.8. The van der Waals surface area contributed by atoms with Crippen molar-refractivity contribution in [3.8, 4) is 28.4 Å². The molecular formula is C29H23BrO4. The lowest BCUT2D eigenvalue weighted by Crippen LogP contribution is -2.04. The van der Waals surface area contributed by atoms with Crippen molar-refractivity contribution in [2.24, 2.45) is 0 Å². The highest BCUT2D eigenvalue weighted by atomic mass is 79.9. The Morgan fingerprint density at radius 1 is 0.794 bits per heavy atom. The van der Waals surface area contributed by atoms with Crippen molar-refractivity contribution >= 4 is 28.0 Å².